The van der Waals surface area contributed by atoms with Crippen LogP contribution in [0.25, 0.3) is 0 Å². The molecule has 1 aromatic carbocycles. The average Bonchev–Trinajstić information content (AvgIpc) is 3.43. The summed E-state index contributed by atoms with van der Waals surface area (Å²) in [5.41, 5.74) is -1.27. The summed E-state index contributed by atoms with van der Waals surface area (Å²) in [5, 5.41) is 72.5. The molecule has 2 aliphatic rings. The number of thioether (sulfide) groups is 4. The lowest BCUT2D eigenvalue weighted by atomic mass is 10.2. The highest BCUT2D eigenvalue weighted by Gasteiger charge is 2.19. The van der Waals surface area contributed by atoms with E-state index in [-0.39, 0.29) is 0 Å². The SMILES string of the molecule is C1=CSC(=C2SC=CS2)S1.O=C(O)O.O=C(O)O.O=C(O)O.O=C(O)O.O=C(O)c1c(F)ccc(F)c1F. The number of carbonyl (C=O) groups is 5. The molecule has 9 N–H and O–H groups in total. The summed E-state index contributed by atoms with van der Waals surface area (Å²) in [4.78, 5) is 44.4. The van der Waals surface area contributed by atoms with E-state index < -0.39 is 53.6 Å². The van der Waals surface area contributed by atoms with Crippen LogP contribution in [0.2, 0.25) is 0 Å². The van der Waals surface area contributed by atoms with Crippen molar-refractivity contribution in [2.45, 2.75) is 0 Å². The molecule has 0 saturated carbocycles. The molecule has 2 heterocycles. The number of rotatable bonds is 1. The maximum Gasteiger partial charge on any atom is 0.503 e. The molecular formula is C17H15F3O14S4. The number of benzene rings is 1. The molecule has 21 heteroatoms. The van der Waals surface area contributed by atoms with Crippen molar-refractivity contribution in [2.24, 2.45) is 0 Å². The predicted molar refractivity (Wildman–Crippen MR) is 132 cm³/mol. The van der Waals surface area contributed by atoms with Gasteiger partial charge in [-0.05, 0) is 33.8 Å². The second-order valence-corrected chi connectivity index (χ2v) is 8.93. The number of carboxylic acids is 1. The molecule has 0 unspecified atom stereocenters. The van der Waals surface area contributed by atoms with E-state index in [1.54, 1.807) is 0 Å². The van der Waals surface area contributed by atoms with Gasteiger partial charge in [0.25, 0.3) is 0 Å². The first kappa shape index (κ1) is 38.7. The first-order valence-corrected chi connectivity index (χ1v) is 11.7. The van der Waals surface area contributed by atoms with Crippen LogP contribution in [0.1, 0.15) is 10.4 Å². The Balaban J connectivity index is -0.000000423. The lowest BCUT2D eigenvalue weighted by Crippen LogP contribution is -2.06. The number of hydrogen-bond acceptors (Lipinski definition) is 9. The van der Waals surface area contributed by atoms with Crippen molar-refractivity contribution in [2.75, 3.05) is 0 Å². The third-order valence-corrected chi connectivity index (χ3v) is 7.01. The van der Waals surface area contributed by atoms with Crippen LogP contribution in [0.4, 0.5) is 32.3 Å². The average molecular weight is 629 g/mol. The molecule has 0 amide bonds. The van der Waals surface area contributed by atoms with Gasteiger partial charge in [-0.1, -0.05) is 47.0 Å². The molecule has 0 aliphatic carbocycles. The van der Waals surface area contributed by atoms with E-state index in [1.807, 2.05) is 47.0 Å². The van der Waals surface area contributed by atoms with Crippen molar-refractivity contribution in [1.82, 2.24) is 0 Å². The van der Waals surface area contributed by atoms with Gasteiger partial charge in [0.15, 0.2) is 11.6 Å². The zero-order valence-electron chi connectivity index (χ0n) is 17.8. The monoisotopic (exact) mass is 628 g/mol. The van der Waals surface area contributed by atoms with Crippen molar-refractivity contribution in [3.05, 3.63) is 65.3 Å². The van der Waals surface area contributed by atoms with Crippen LogP contribution in [-0.4, -0.2) is 76.5 Å². The van der Waals surface area contributed by atoms with Crippen molar-refractivity contribution in [3.63, 3.8) is 0 Å². The number of carboxylic acid groups (broad SMARTS) is 9. The van der Waals surface area contributed by atoms with Gasteiger partial charge in [-0.2, -0.15) is 0 Å². The van der Waals surface area contributed by atoms with Crippen molar-refractivity contribution in [1.29, 1.82) is 0 Å². The summed E-state index contributed by atoms with van der Waals surface area (Å²) in [6.45, 7) is 0. The molecule has 0 atom stereocenters. The Kier molecular flexibility index (Phi) is 22.8. The fourth-order valence-electron chi connectivity index (χ4n) is 1.33. The summed E-state index contributed by atoms with van der Waals surface area (Å²) in [6.07, 6.45) is -7.33. The third-order valence-electron chi connectivity index (χ3n) is 2.24. The fourth-order valence-corrected chi connectivity index (χ4v) is 5.36. The molecule has 38 heavy (non-hydrogen) atoms. The van der Waals surface area contributed by atoms with E-state index in [0.717, 1.165) is 0 Å². The van der Waals surface area contributed by atoms with Crippen molar-refractivity contribution < 1.29 is 83.1 Å². The zero-order valence-corrected chi connectivity index (χ0v) is 21.1. The van der Waals surface area contributed by atoms with E-state index >= 15 is 0 Å². The molecular weight excluding hydrogens is 613 g/mol. The first-order valence-electron chi connectivity index (χ1n) is 8.19. The minimum atomic E-state index is -1.83. The van der Waals surface area contributed by atoms with Crippen LogP contribution in [0.3, 0.4) is 0 Å². The van der Waals surface area contributed by atoms with Crippen LogP contribution in [0, 0.1) is 17.5 Å². The number of halogens is 3. The van der Waals surface area contributed by atoms with Crippen molar-refractivity contribution >= 4 is 77.6 Å². The van der Waals surface area contributed by atoms with E-state index in [0.29, 0.717) is 12.1 Å². The van der Waals surface area contributed by atoms with Crippen LogP contribution in [0.15, 0.2) is 42.2 Å². The van der Waals surface area contributed by atoms with E-state index in [2.05, 4.69) is 21.6 Å². The second kappa shape index (κ2) is 22.4. The van der Waals surface area contributed by atoms with Gasteiger partial charge in [0, 0.05) is 0 Å². The molecule has 14 nitrogen and oxygen atoms in total. The van der Waals surface area contributed by atoms with E-state index in [1.165, 1.54) is 8.47 Å². The Bertz CT molecular complexity index is 955. The molecule has 0 radical (unpaired) electrons. The summed E-state index contributed by atoms with van der Waals surface area (Å²) >= 11 is 7.28. The Morgan fingerprint density at radius 1 is 0.500 bits per heavy atom. The standard InChI is InChI=1S/C7H3F3O2.C6H4S4.4CH2O3/c8-3-1-2-4(9)6(10)5(3)7(11)12;1-2-8-5(7-1)6-9-3-4-10-6;4*2-1(3)4/h1-2H,(H,11,12);1-4H;4*(H2,2,3,4). The molecule has 0 bridgehead atoms. The van der Waals surface area contributed by atoms with Crippen LogP contribution >= 0.6 is 47.0 Å². The van der Waals surface area contributed by atoms with Crippen LogP contribution in [-0.2, 0) is 0 Å². The van der Waals surface area contributed by atoms with Crippen molar-refractivity contribution in [3.8, 4) is 0 Å². The van der Waals surface area contributed by atoms with E-state index in [9.17, 15) is 18.0 Å². The lowest BCUT2D eigenvalue weighted by molar-refractivity contribution is 0.0684. The summed E-state index contributed by atoms with van der Waals surface area (Å²) in [7, 11) is 0. The van der Waals surface area contributed by atoms with Gasteiger partial charge in [-0.25, -0.2) is 37.1 Å². The Morgan fingerprint density at radius 3 is 0.947 bits per heavy atom. The van der Waals surface area contributed by atoms with Gasteiger partial charge in [0.1, 0.15) is 11.4 Å². The molecule has 212 valence electrons. The van der Waals surface area contributed by atoms with Gasteiger partial charge < -0.3 is 46.0 Å². The van der Waals surface area contributed by atoms with Gasteiger partial charge >= 0.3 is 30.6 Å². The molecule has 0 fully saturated rings. The maximum atomic E-state index is 12.5. The van der Waals surface area contributed by atoms with Crippen LogP contribution in [0.5, 0.6) is 0 Å². The summed E-state index contributed by atoms with van der Waals surface area (Å²) in [5.74, 6) is -6.18. The quantitative estimate of drug-likeness (QED) is 0.146. The minimum Gasteiger partial charge on any atom is -0.477 e. The fraction of sp³-hybridized carbons (Fsp3) is 0. The van der Waals surface area contributed by atoms with Crippen LogP contribution < -0.4 is 0 Å². The highest BCUT2D eigenvalue weighted by atomic mass is 32.2. The first-order chi connectivity index (χ1) is 17.4. The smallest absolute Gasteiger partial charge is 0.477 e. The molecule has 1 aromatic rings. The highest BCUT2D eigenvalue weighted by molar-refractivity contribution is 8.33. The van der Waals surface area contributed by atoms with Gasteiger partial charge in [-0.3, -0.25) is 0 Å². The molecule has 3 rings (SSSR count). The molecule has 0 saturated heterocycles. The largest absolute Gasteiger partial charge is 0.503 e. The zero-order chi connectivity index (χ0) is 30.4. The third kappa shape index (κ3) is 25.3. The molecule has 0 aromatic heterocycles. The lowest BCUT2D eigenvalue weighted by Gasteiger charge is -1.98. The van der Waals surface area contributed by atoms with E-state index in [4.69, 9.17) is 65.1 Å². The van der Waals surface area contributed by atoms with Gasteiger partial charge in [0.2, 0.25) is 0 Å². The number of hydrogen-bond donors (Lipinski definition) is 9. The highest BCUT2D eigenvalue weighted by Crippen LogP contribution is 2.50. The Hall–Kier alpha value is -3.82. The Labute approximate surface area is 225 Å². The maximum absolute atomic E-state index is 12.5. The minimum absolute atomic E-state index is 0.525. The second-order valence-electron chi connectivity index (χ2n) is 4.74. The Morgan fingerprint density at radius 2 is 0.737 bits per heavy atom. The van der Waals surface area contributed by atoms with Gasteiger partial charge in [-0.15, -0.1) is 0 Å². The summed E-state index contributed by atoms with van der Waals surface area (Å²) in [6, 6.07) is 1.08. The molecule has 0 spiro atoms. The summed E-state index contributed by atoms with van der Waals surface area (Å²) < 4.78 is 40.2. The molecule has 2 aliphatic heterocycles. The predicted octanol–water partition coefficient (Wildman–Crippen LogP) is 6.71. The normalized spacial score (nSPS) is 11.8. The number of aromatic carboxylic acids is 1. The topological polar surface area (TPSA) is 267 Å². The van der Waals surface area contributed by atoms with Gasteiger partial charge in [0.05, 0.1) is 8.47 Å².